The molecular weight excluding hydrogens is 397 g/mol. The minimum absolute atomic E-state index is 0.0296. The van der Waals surface area contributed by atoms with Crippen molar-refractivity contribution in [3.8, 4) is 0 Å². The average molecular weight is 418 g/mol. The van der Waals surface area contributed by atoms with Gasteiger partial charge in [-0.05, 0) is 48.2 Å². The molecule has 3 aromatic rings. The second-order valence-corrected chi connectivity index (χ2v) is 7.15. The van der Waals surface area contributed by atoms with E-state index in [0.717, 1.165) is 10.8 Å². The lowest BCUT2D eigenvalue weighted by Gasteiger charge is -2.17. The van der Waals surface area contributed by atoms with Crippen LogP contribution in [-0.4, -0.2) is 40.4 Å². The van der Waals surface area contributed by atoms with Crippen molar-refractivity contribution in [2.24, 2.45) is 0 Å². The second kappa shape index (κ2) is 9.17. The van der Waals surface area contributed by atoms with E-state index in [0.29, 0.717) is 16.9 Å². The third-order valence-electron chi connectivity index (χ3n) is 4.49. The first-order valence-corrected chi connectivity index (χ1v) is 9.43. The fourth-order valence-electron chi connectivity index (χ4n) is 2.86. The van der Waals surface area contributed by atoms with Crippen LogP contribution in [0.25, 0.3) is 10.8 Å². The van der Waals surface area contributed by atoms with Crippen LogP contribution in [0, 0.1) is 5.82 Å². The van der Waals surface area contributed by atoms with E-state index in [1.807, 2.05) is 6.92 Å². The zero-order valence-corrected chi connectivity index (χ0v) is 16.4. The number of anilines is 1. The lowest BCUT2D eigenvalue weighted by Crippen LogP contribution is -2.30. The first kappa shape index (κ1) is 21.0. The lowest BCUT2D eigenvalue weighted by atomic mass is 10.1. The van der Waals surface area contributed by atoms with Gasteiger partial charge >= 0.3 is 0 Å². The molecule has 8 heteroatoms. The Morgan fingerprint density at radius 2 is 1.93 bits per heavy atom. The van der Waals surface area contributed by atoms with Crippen molar-refractivity contribution in [3.05, 3.63) is 70.6 Å². The summed E-state index contributed by atoms with van der Waals surface area (Å²) in [5, 5.41) is 26.2. The topological polar surface area (TPSA) is 94.5 Å². The first-order valence-electron chi connectivity index (χ1n) is 9.05. The molecule has 152 valence electrons. The Morgan fingerprint density at radius 1 is 1.14 bits per heavy atom. The number of amides is 1. The Balaban J connectivity index is 1.82. The van der Waals surface area contributed by atoms with Crippen LogP contribution in [0.15, 0.2) is 48.7 Å². The summed E-state index contributed by atoms with van der Waals surface area (Å²) < 4.78 is 13.4. The van der Waals surface area contributed by atoms with Crippen LogP contribution in [0.2, 0.25) is 5.02 Å². The quantitative estimate of drug-likeness (QED) is 0.473. The number of nitrogens with one attached hydrogen (secondary N) is 2. The summed E-state index contributed by atoms with van der Waals surface area (Å²) in [4.78, 5) is 17.0. The Morgan fingerprint density at radius 3 is 2.62 bits per heavy atom. The lowest BCUT2D eigenvalue weighted by molar-refractivity contribution is 0.0916. The fraction of sp³-hybridized carbons (Fsp3) is 0.238. The number of hydrogen-bond donors (Lipinski definition) is 4. The van der Waals surface area contributed by atoms with Crippen molar-refractivity contribution < 1.29 is 19.4 Å². The molecule has 0 aliphatic heterocycles. The Bertz CT molecular complexity index is 1030. The summed E-state index contributed by atoms with van der Waals surface area (Å²) in [6.45, 7) is 1.43. The van der Waals surface area contributed by atoms with Gasteiger partial charge in [0.05, 0.1) is 24.3 Å². The van der Waals surface area contributed by atoms with Crippen LogP contribution in [0.1, 0.15) is 28.9 Å². The average Bonchev–Trinajstić information content (AvgIpc) is 2.73. The van der Waals surface area contributed by atoms with E-state index < -0.39 is 11.9 Å². The molecule has 6 nitrogen and oxygen atoms in total. The van der Waals surface area contributed by atoms with Gasteiger partial charge in [0.15, 0.2) is 0 Å². The summed E-state index contributed by atoms with van der Waals surface area (Å²) in [6.07, 6.45) is 1.68. The molecule has 2 unspecified atom stereocenters. The van der Waals surface area contributed by atoms with Gasteiger partial charge in [-0.3, -0.25) is 4.79 Å². The number of rotatable bonds is 7. The van der Waals surface area contributed by atoms with Gasteiger partial charge in [-0.15, -0.1) is 0 Å². The largest absolute Gasteiger partial charge is 0.394 e. The number of fused-ring (bicyclic) bond motifs is 1. The van der Waals surface area contributed by atoms with E-state index in [-0.39, 0.29) is 30.2 Å². The molecule has 1 aromatic heterocycles. The van der Waals surface area contributed by atoms with Gasteiger partial charge in [0.25, 0.3) is 5.91 Å². The van der Waals surface area contributed by atoms with Crippen molar-refractivity contribution in [1.82, 2.24) is 10.3 Å². The zero-order valence-electron chi connectivity index (χ0n) is 15.7. The monoisotopic (exact) mass is 417 g/mol. The number of benzene rings is 2. The summed E-state index contributed by atoms with van der Waals surface area (Å²) in [6, 6.07) is 10.1. The number of pyridine rings is 1. The van der Waals surface area contributed by atoms with Gasteiger partial charge in [0.1, 0.15) is 11.6 Å². The van der Waals surface area contributed by atoms with Crippen molar-refractivity contribution >= 4 is 34.1 Å². The molecule has 0 radical (unpaired) electrons. The maximum Gasteiger partial charge on any atom is 0.251 e. The van der Waals surface area contributed by atoms with E-state index in [1.165, 1.54) is 18.2 Å². The maximum absolute atomic E-state index is 13.4. The molecule has 3 rings (SSSR count). The summed E-state index contributed by atoms with van der Waals surface area (Å²) in [5.74, 6) is -0.367. The number of carbonyl (C=O) groups is 1. The Hall–Kier alpha value is -2.74. The number of aliphatic hydroxyl groups excluding tert-OH is 2. The van der Waals surface area contributed by atoms with Crippen LogP contribution in [0.5, 0.6) is 0 Å². The van der Waals surface area contributed by atoms with Gasteiger partial charge < -0.3 is 20.8 Å². The minimum atomic E-state index is -0.726. The highest BCUT2D eigenvalue weighted by Gasteiger charge is 2.17. The number of aromatic nitrogens is 1. The van der Waals surface area contributed by atoms with E-state index in [2.05, 4.69) is 15.6 Å². The predicted octanol–water partition coefficient (Wildman–Crippen LogP) is 3.28. The van der Waals surface area contributed by atoms with Crippen LogP contribution in [-0.2, 0) is 0 Å². The third-order valence-corrected chi connectivity index (χ3v) is 4.78. The molecule has 2 atom stereocenters. The molecule has 0 aliphatic carbocycles. The van der Waals surface area contributed by atoms with Gasteiger partial charge in [-0.2, -0.15) is 0 Å². The second-order valence-electron chi connectivity index (χ2n) is 6.74. The van der Waals surface area contributed by atoms with E-state index in [1.54, 1.807) is 30.5 Å². The van der Waals surface area contributed by atoms with E-state index in [9.17, 15) is 14.3 Å². The smallest absolute Gasteiger partial charge is 0.251 e. The van der Waals surface area contributed by atoms with Crippen LogP contribution >= 0.6 is 11.6 Å². The van der Waals surface area contributed by atoms with E-state index in [4.69, 9.17) is 16.7 Å². The molecule has 2 aromatic carbocycles. The van der Waals surface area contributed by atoms with Crippen LogP contribution in [0.3, 0.4) is 0 Å². The number of hydrogen-bond acceptors (Lipinski definition) is 5. The molecule has 0 bridgehead atoms. The summed E-state index contributed by atoms with van der Waals surface area (Å²) in [7, 11) is 0. The molecule has 1 amide bonds. The first-order chi connectivity index (χ1) is 13.9. The summed E-state index contributed by atoms with van der Waals surface area (Å²) >= 11 is 5.80. The van der Waals surface area contributed by atoms with E-state index >= 15 is 0 Å². The molecule has 0 saturated heterocycles. The van der Waals surface area contributed by atoms with Crippen molar-refractivity contribution in [1.29, 1.82) is 0 Å². The van der Waals surface area contributed by atoms with Gasteiger partial charge in [-0.1, -0.05) is 23.7 Å². The van der Waals surface area contributed by atoms with Crippen molar-refractivity contribution in [2.75, 3.05) is 18.5 Å². The molecule has 0 aliphatic rings. The fourth-order valence-corrected chi connectivity index (χ4v) is 3.05. The molecule has 0 spiro atoms. The number of aliphatic hydroxyl groups is 2. The van der Waals surface area contributed by atoms with Crippen molar-refractivity contribution in [2.45, 2.75) is 19.0 Å². The number of halogens is 2. The Kier molecular flexibility index (Phi) is 6.64. The molecule has 0 fully saturated rings. The molecule has 1 heterocycles. The predicted molar refractivity (Wildman–Crippen MR) is 111 cm³/mol. The third kappa shape index (κ3) is 5.00. The van der Waals surface area contributed by atoms with Crippen LogP contribution in [0.4, 0.5) is 10.2 Å². The molecular formula is C21H21ClFN3O3. The molecule has 29 heavy (non-hydrogen) atoms. The SMILES string of the molecule is CC(CO)Nc1cc2cc(C(=O)NC(CO)c3ccc(F)c(Cl)c3)ccc2cn1. The normalized spacial score (nSPS) is 13.1. The van der Waals surface area contributed by atoms with Gasteiger partial charge in [0.2, 0.25) is 0 Å². The highest BCUT2D eigenvalue weighted by atomic mass is 35.5. The van der Waals surface area contributed by atoms with Crippen molar-refractivity contribution in [3.63, 3.8) is 0 Å². The summed E-state index contributed by atoms with van der Waals surface area (Å²) in [5.41, 5.74) is 0.901. The van der Waals surface area contributed by atoms with Gasteiger partial charge in [-0.25, -0.2) is 9.37 Å². The Labute approximate surface area is 172 Å². The van der Waals surface area contributed by atoms with Crippen LogP contribution < -0.4 is 10.6 Å². The number of nitrogens with zero attached hydrogens (tertiary/aromatic N) is 1. The highest BCUT2D eigenvalue weighted by Crippen LogP contribution is 2.22. The van der Waals surface area contributed by atoms with Gasteiger partial charge in [0, 0.05) is 23.2 Å². The molecule has 4 N–H and O–H groups in total. The zero-order chi connectivity index (χ0) is 21.0. The number of carbonyl (C=O) groups excluding carboxylic acids is 1. The molecule has 0 saturated carbocycles. The maximum atomic E-state index is 13.4. The standard InChI is InChI=1S/C21H21ClFN3O3/c1-12(10-27)25-20-8-16-6-14(2-3-15(16)9-24-20)21(29)26-19(11-28)13-4-5-18(23)17(22)7-13/h2-9,12,19,27-28H,10-11H2,1H3,(H,24,25)(H,26,29). The minimum Gasteiger partial charge on any atom is -0.394 e. The highest BCUT2D eigenvalue weighted by molar-refractivity contribution is 6.30.